The molecule has 0 aliphatic rings. The summed E-state index contributed by atoms with van der Waals surface area (Å²) >= 11 is 5.96. The van der Waals surface area contributed by atoms with Crippen LogP contribution in [0.3, 0.4) is 0 Å². The van der Waals surface area contributed by atoms with Gasteiger partial charge in [-0.3, -0.25) is 4.79 Å². The maximum absolute atomic E-state index is 12.2. The van der Waals surface area contributed by atoms with Crippen molar-refractivity contribution in [3.63, 3.8) is 0 Å². The van der Waals surface area contributed by atoms with E-state index in [-0.39, 0.29) is 17.0 Å². The lowest BCUT2D eigenvalue weighted by atomic mass is 10.0. The van der Waals surface area contributed by atoms with Crippen LogP contribution in [0.1, 0.15) is 15.9 Å². The number of hydrogen-bond acceptors (Lipinski definition) is 3. The fourth-order valence-electron chi connectivity index (χ4n) is 2.12. The second-order valence-electron chi connectivity index (χ2n) is 4.90. The average Bonchev–Trinajstić information content (AvgIpc) is 2.54. The number of nitrogens with one attached hydrogen (secondary N) is 1. The lowest BCUT2D eigenvalue weighted by Crippen LogP contribution is -2.42. The van der Waals surface area contributed by atoms with E-state index in [2.05, 4.69) is 5.32 Å². The van der Waals surface area contributed by atoms with Crippen molar-refractivity contribution in [2.24, 2.45) is 0 Å². The van der Waals surface area contributed by atoms with Gasteiger partial charge in [-0.15, -0.1) is 0 Å². The standard InChI is InChI=1S/C17H16ClNO4/c1-23-12-6-4-5-11(9-12)10-15(17(21)22)19-16(20)13-7-2-3-8-14(13)18/h2-9,15H,10H2,1H3,(H,19,20)(H,21,22)/t15-/m1/s1. The molecule has 23 heavy (non-hydrogen) atoms. The maximum Gasteiger partial charge on any atom is 0.326 e. The molecule has 0 heterocycles. The number of ether oxygens (including phenoxy) is 1. The zero-order chi connectivity index (χ0) is 16.8. The Morgan fingerprint density at radius 3 is 2.61 bits per heavy atom. The second kappa shape index (κ2) is 7.65. The van der Waals surface area contributed by atoms with Crippen LogP contribution in [0.4, 0.5) is 0 Å². The van der Waals surface area contributed by atoms with Crippen molar-refractivity contribution in [3.8, 4) is 5.75 Å². The Kier molecular flexibility index (Phi) is 5.60. The summed E-state index contributed by atoms with van der Waals surface area (Å²) in [4.78, 5) is 23.6. The van der Waals surface area contributed by atoms with Crippen LogP contribution in [-0.2, 0) is 11.2 Å². The molecule has 0 aliphatic heterocycles. The van der Waals surface area contributed by atoms with Gasteiger partial charge in [-0.25, -0.2) is 4.79 Å². The van der Waals surface area contributed by atoms with Gasteiger partial charge in [-0.2, -0.15) is 0 Å². The van der Waals surface area contributed by atoms with Gasteiger partial charge in [-0.05, 0) is 29.8 Å². The minimum absolute atomic E-state index is 0.142. The third-order valence-corrected chi connectivity index (χ3v) is 3.63. The van der Waals surface area contributed by atoms with Gasteiger partial charge in [-0.1, -0.05) is 35.9 Å². The Hall–Kier alpha value is -2.53. The molecule has 120 valence electrons. The molecule has 1 atom stereocenters. The SMILES string of the molecule is COc1cccc(C[C@@H](NC(=O)c2ccccc2Cl)C(=O)O)c1. The summed E-state index contributed by atoms with van der Waals surface area (Å²) in [6.07, 6.45) is 0.142. The van der Waals surface area contributed by atoms with Crippen molar-refractivity contribution in [1.82, 2.24) is 5.32 Å². The first-order valence-electron chi connectivity index (χ1n) is 6.92. The molecule has 0 radical (unpaired) electrons. The van der Waals surface area contributed by atoms with Gasteiger partial charge < -0.3 is 15.2 Å². The molecular formula is C17H16ClNO4. The molecule has 2 N–H and O–H groups in total. The molecule has 0 aliphatic carbocycles. The summed E-state index contributed by atoms with van der Waals surface area (Å²) in [5.41, 5.74) is 0.988. The summed E-state index contributed by atoms with van der Waals surface area (Å²) in [6, 6.07) is 12.5. The fourth-order valence-corrected chi connectivity index (χ4v) is 2.34. The average molecular weight is 334 g/mol. The Balaban J connectivity index is 2.14. The Morgan fingerprint density at radius 1 is 1.22 bits per heavy atom. The number of benzene rings is 2. The molecule has 0 saturated heterocycles. The number of carboxylic acid groups (broad SMARTS) is 1. The van der Waals surface area contributed by atoms with E-state index in [0.717, 1.165) is 5.56 Å². The summed E-state index contributed by atoms with van der Waals surface area (Å²) < 4.78 is 5.11. The number of carboxylic acids is 1. The quantitative estimate of drug-likeness (QED) is 0.852. The van der Waals surface area contributed by atoms with Crippen LogP contribution in [0.15, 0.2) is 48.5 Å². The number of carbonyl (C=O) groups is 2. The van der Waals surface area contributed by atoms with Gasteiger partial charge in [0.2, 0.25) is 0 Å². The summed E-state index contributed by atoms with van der Waals surface area (Å²) in [5, 5.41) is 12.1. The van der Waals surface area contributed by atoms with E-state index in [1.165, 1.54) is 7.11 Å². The predicted octanol–water partition coefficient (Wildman–Crippen LogP) is 2.77. The van der Waals surface area contributed by atoms with Crippen molar-refractivity contribution in [1.29, 1.82) is 0 Å². The lowest BCUT2D eigenvalue weighted by molar-refractivity contribution is -0.139. The molecule has 0 unspecified atom stereocenters. The Labute approximate surface area is 138 Å². The second-order valence-corrected chi connectivity index (χ2v) is 5.31. The Morgan fingerprint density at radius 2 is 1.96 bits per heavy atom. The van der Waals surface area contributed by atoms with Gasteiger partial charge in [0.1, 0.15) is 11.8 Å². The van der Waals surface area contributed by atoms with Crippen molar-refractivity contribution >= 4 is 23.5 Å². The van der Waals surface area contributed by atoms with Gasteiger partial charge in [0.25, 0.3) is 5.91 Å². The molecule has 2 rings (SSSR count). The van der Waals surface area contributed by atoms with Gasteiger partial charge in [0.15, 0.2) is 0 Å². The van der Waals surface area contributed by atoms with E-state index in [9.17, 15) is 14.7 Å². The molecule has 0 saturated carbocycles. The van der Waals surface area contributed by atoms with Gasteiger partial charge in [0.05, 0.1) is 17.7 Å². The summed E-state index contributed by atoms with van der Waals surface area (Å²) in [6.45, 7) is 0. The zero-order valence-corrected chi connectivity index (χ0v) is 13.2. The highest BCUT2D eigenvalue weighted by atomic mass is 35.5. The molecule has 2 aromatic carbocycles. The highest BCUT2D eigenvalue weighted by Gasteiger charge is 2.22. The highest BCUT2D eigenvalue weighted by Crippen LogP contribution is 2.16. The Bertz CT molecular complexity index is 717. The van der Waals surface area contributed by atoms with Crippen LogP contribution >= 0.6 is 11.6 Å². The lowest BCUT2D eigenvalue weighted by Gasteiger charge is -2.15. The van der Waals surface area contributed by atoms with E-state index in [4.69, 9.17) is 16.3 Å². The van der Waals surface area contributed by atoms with Crippen molar-refractivity contribution in [2.45, 2.75) is 12.5 Å². The van der Waals surface area contributed by atoms with Gasteiger partial charge in [0, 0.05) is 6.42 Å². The van der Waals surface area contributed by atoms with Gasteiger partial charge >= 0.3 is 5.97 Å². The first kappa shape index (κ1) is 16.8. The predicted molar refractivity (Wildman–Crippen MR) is 87.0 cm³/mol. The van der Waals surface area contributed by atoms with E-state index in [0.29, 0.717) is 5.75 Å². The fraction of sp³-hybridized carbons (Fsp3) is 0.176. The molecular weight excluding hydrogens is 318 g/mol. The maximum atomic E-state index is 12.2. The molecule has 6 heteroatoms. The van der Waals surface area contributed by atoms with Crippen molar-refractivity contribution in [2.75, 3.05) is 7.11 Å². The molecule has 0 aromatic heterocycles. The van der Waals surface area contributed by atoms with E-state index in [1.807, 2.05) is 0 Å². The number of aliphatic carboxylic acids is 1. The highest BCUT2D eigenvalue weighted by molar-refractivity contribution is 6.33. The third-order valence-electron chi connectivity index (χ3n) is 3.30. The monoisotopic (exact) mass is 333 g/mol. The number of halogens is 1. The van der Waals surface area contributed by atoms with Crippen LogP contribution in [0.25, 0.3) is 0 Å². The van der Waals surface area contributed by atoms with Crippen LogP contribution < -0.4 is 10.1 Å². The number of carbonyl (C=O) groups excluding carboxylic acids is 1. The molecule has 0 spiro atoms. The van der Waals surface area contributed by atoms with E-state index >= 15 is 0 Å². The van der Waals surface area contributed by atoms with E-state index in [1.54, 1.807) is 48.5 Å². The topological polar surface area (TPSA) is 75.6 Å². The third kappa shape index (κ3) is 4.47. The number of amides is 1. The van der Waals surface area contributed by atoms with Crippen LogP contribution in [-0.4, -0.2) is 30.1 Å². The van der Waals surface area contributed by atoms with Crippen LogP contribution in [0.2, 0.25) is 5.02 Å². The summed E-state index contributed by atoms with van der Waals surface area (Å²) in [5.74, 6) is -1.01. The summed E-state index contributed by atoms with van der Waals surface area (Å²) in [7, 11) is 1.53. The molecule has 0 bridgehead atoms. The molecule has 1 amide bonds. The first-order chi connectivity index (χ1) is 11.0. The molecule has 0 fully saturated rings. The largest absolute Gasteiger partial charge is 0.497 e. The van der Waals surface area contributed by atoms with Crippen molar-refractivity contribution < 1.29 is 19.4 Å². The minimum atomic E-state index is -1.12. The number of rotatable bonds is 6. The first-order valence-corrected chi connectivity index (χ1v) is 7.30. The molecule has 2 aromatic rings. The normalized spacial score (nSPS) is 11.6. The van der Waals surface area contributed by atoms with Crippen molar-refractivity contribution in [3.05, 3.63) is 64.7 Å². The van der Waals surface area contributed by atoms with E-state index < -0.39 is 17.9 Å². The minimum Gasteiger partial charge on any atom is -0.497 e. The number of methoxy groups -OCH3 is 1. The van der Waals surface area contributed by atoms with Crippen LogP contribution in [0, 0.1) is 0 Å². The molecule has 5 nitrogen and oxygen atoms in total. The number of hydrogen-bond donors (Lipinski definition) is 2. The zero-order valence-electron chi connectivity index (χ0n) is 12.5. The van der Waals surface area contributed by atoms with Crippen LogP contribution in [0.5, 0.6) is 5.75 Å². The smallest absolute Gasteiger partial charge is 0.326 e.